The maximum Gasteiger partial charge on any atom is 0.335 e. The van der Waals surface area contributed by atoms with Crippen molar-refractivity contribution in [2.45, 2.75) is 13.0 Å². The molecule has 1 aliphatic heterocycles. The summed E-state index contributed by atoms with van der Waals surface area (Å²) in [6.45, 7) is 3.35. The first-order valence-electron chi connectivity index (χ1n) is 6.17. The lowest BCUT2D eigenvalue weighted by Crippen LogP contribution is -2.46. The molecular weight excluding hydrogens is 284 g/mol. The normalized spacial score (nSPS) is 18.7. The summed E-state index contributed by atoms with van der Waals surface area (Å²) in [5, 5.41) is 11.9. The number of morpholine rings is 1. The van der Waals surface area contributed by atoms with Crippen LogP contribution < -0.4 is 5.32 Å². The Morgan fingerprint density at radius 3 is 2.90 bits per heavy atom. The van der Waals surface area contributed by atoms with E-state index in [0.717, 1.165) is 0 Å². The molecule has 0 spiro atoms. The highest BCUT2D eigenvalue weighted by Gasteiger charge is 2.22. The van der Waals surface area contributed by atoms with Crippen LogP contribution in [0, 0.1) is 0 Å². The first-order chi connectivity index (χ1) is 9.47. The number of halogens is 1. The Morgan fingerprint density at radius 2 is 2.25 bits per heavy atom. The molecule has 0 aromatic heterocycles. The van der Waals surface area contributed by atoms with Gasteiger partial charge in [-0.15, -0.1) is 0 Å². The molecule has 2 amide bonds. The molecular formula is C13H15ClN2O4. The number of carboxylic acid groups (broad SMARTS) is 1. The van der Waals surface area contributed by atoms with E-state index in [2.05, 4.69) is 5.32 Å². The van der Waals surface area contributed by atoms with Crippen LogP contribution in [0.3, 0.4) is 0 Å². The number of hydrogen-bond donors (Lipinski definition) is 2. The minimum atomic E-state index is -1.07. The third kappa shape index (κ3) is 3.40. The molecule has 1 atom stereocenters. The first kappa shape index (κ1) is 14.6. The number of nitrogens with one attached hydrogen (secondary N) is 1. The maximum absolute atomic E-state index is 12.1. The van der Waals surface area contributed by atoms with Gasteiger partial charge in [-0.25, -0.2) is 9.59 Å². The Labute approximate surface area is 121 Å². The van der Waals surface area contributed by atoms with Gasteiger partial charge in [0, 0.05) is 13.1 Å². The van der Waals surface area contributed by atoms with Gasteiger partial charge in [-0.1, -0.05) is 11.6 Å². The molecule has 1 unspecified atom stereocenters. The lowest BCUT2D eigenvalue weighted by Gasteiger charge is -2.31. The number of carboxylic acids is 1. The van der Waals surface area contributed by atoms with Crippen LogP contribution in [0.1, 0.15) is 17.3 Å². The predicted molar refractivity (Wildman–Crippen MR) is 74.4 cm³/mol. The zero-order chi connectivity index (χ0) is 14.7. The third-order valence-corrected chi connectivity index (χ3v) is 3.31. The smallest absolute Gasteiger partial charge is 0.335 e. The number of ether oxygens (including phenoxy) is 1. The fraction of sp³-hybridized carbons (Fsp3) is 0.385. The number of carbonyl (C=O) groups excluding carboxylic acids is 1. The van der Waals surface area contributed by atoms with Gasteiger partial charge >= 0.3 is 12.0 Å². The SMILES string of the molecule is CC1CN(C(=O)Nc2cc(C(=O)O)ccc2Cl)CCO1. The number of amides is 2. The third-order valence-electron chi connectivity index (χ3n) is 2.98. The summed E-state index contributed by atoms with van der Waals surface area (Å²) < 4.78 is 5.36. The number of urea groups is 1. The van der Waals surface area contributed by atoms with Crippen molar-refractivity contribution in [3.8, 4) is 0 Å². The number of nitrogens with zero attached hydrogens (tertiary/aromatic N) is 1. The van der Waals surface area contributed by atoms with Gasteiger partial charge in [0.25, 0.3) is 0 Å². The Kier molecular flexibility index (Phi) is 4.46. The van der Waals surface area contributed by atoms with E-state index >= 15 is 0 Å². The van der Waals surface area contributed by atoms with Crippen LogP contribution in [0.5, 0.6) is 0 Å². The van der Waals surface area contributed by atoms with E-state index < -0.39 is 5.97 Å². The number of benzene rings is 1. The second-order valence-corrected chi connectivity index (χ2v) is 4.96. The first-order valence-corrected chi connectivity index (χ1v) is 6.55. The van der Waals surface area contributed by atoms with Crippen molar-refractivity contribution in [3.05, 3.63) is 28.8 Å². The number of rotatable bonds is 2. The van der Waals surface area contributed by atoms with Gasteiger partial charge in [-0.05, 0) is 25.1 Å². The number of hydrogen-bond acceptors (Lipinski definition) is 3. The highest BCUT2D eigenvalue weighted by Crippen LogP contribution is 2.23. The Morgan fingerprint density at radius 1 is 1.50 bits per heavy atom. The monoisotopic (exact) mass is 298 g/mol. The molecule has 108 valence electrons. The van der Waals surface area contributed by atoms with Gasteiger partial charge in [0.1, 0.15) is 0 Å². The molecule has 0 radical (unpaired) electrons. The number of aromatic carboxylic acids is 1. The lowest BCUT2D eigenvalue weighted by molar-refractivity contribution is -0.00138. The standard InChI is InChI=1S/C13H15ClN2O4/c1-8-7-16(4-5-20-8)13(19)15-11-6-9(12(17)18)2-3-10(11)14/h2-3,6,8H,4-5,7H2,1H3,(H,15,19)(H,17,18). The van der Waals surface area contributed by atoms with Gasteiger partial charge in [0.15, 0.2) is 0 Å². The summed E-state index contributed by atoms with van der Waals surface area (Å²) in [5.41, 5.74) is 0.357. The van der Waals surface area contributed by atoms with Gasteiger partial charge in [-0.2, -0.15) is 0 Å². The summed E-state index contributed by atoms with van der Waals surface area (Å²) in [5.74, 6) is -1.07. The second-order valence-electron chi connectivity index (χ2n) is 4.56. The van der Waals surface area contributed by atoms with Crippen molar-refractivity contribution in [1.82, 2.24) is 4.90 Å². The Balaban J connectivity index is 2.10. The summed E-state index contributed by atoms with van der Waals surface area (Å²) >= 11 is 5.96. The molecule has 1 heterocycles. The summed E-state index contributed by atoms with van der Waals surface area (Å²) in [4.78, 5) is 24.6. The zero-order valence-electron chi connectivity index (χ0n) is 10.9. The van der Waals surface area contributed by atoms with Crippen LogP contribution in [-0.4, -0.2) is 47.8 Å². The second kappa shape index (κ2) is 6.11. The van der Waals surface area contributed by atoms with Gasteiger partial charge in [0.2, 0.25) is 0 Å². The van der Waals surface area contributed by atoms with Crippen LogP contribution in [0.25, 0.3) is 0 Å². The molecule has 7 heteroatoms. The minimum absolute atomic E-state index is 0.0182. The fourth-order valence-corrected chi connectivity index (χ4v) is 2.12. The van der Waals surface area contributed by atoms with Gasteiger partial charge < -0.3 is 20.1 Å². The molecule has 0 saturated carbocycles. The van der Waals surface area contributed by atoms with E-state index in [1.165, 1.54) is 18.2 Å². The Hall–Kier alpha value is -1.79. The average molecular weight is 299 g/mol. The molecule has 6 nitrogen and oxygen atoms in total. The largest absolute Gasteiger partial charge is 0.478 e. The average Bonchev–Trinajstić information content (AvgIpc) is 2.41. The highest BCUT2D eigenvalue weighted by atomic mass is 35.5. The van der Waals surface area contributed by atoms with E-state index in [1.54, 1.807) is 4.90 Å². The van der Waals surface area contributed by atoms with E-state index in [0.29, 0.717) is 24.7 Å². The van der Waals surface area contributed by atoms with Crippen molar-refractivity contribution >= 4 is 29.3 Å². The van der Waals surface area contributed by atoms with Crippen molar-refractivity contribution < 1.29 is 19.4 Å². The molecule has 1 fully saturated rings. The number of anilines is 1. The van der Waals surface area contributed by atoms with E-state index in [-0.39, 0.29) is 23.4 Å². The summed E-state index contributed by atoms with van der Waals surface area (Å²) in [7, 11) is 0. The van der Waals surface area contributed by atoms with Crippen molar-refractivity contribution in [2.24, 2.45) is 0 Å². The molecule has 2 N–H and O–H groups in total. The minimum Gasteiger partial charge on any atom is -0.478 e. The number of carbonyl (C=O) groups is 2. The van der Waals surface area contributed by atoms with E-state index in [4.69, 9.17) is 21.4 Å². The predicted octanol–water partition coefficient (Wildman–Crippen LogP) is 2.29. The zero-order valence-corrected chi connectivity index (χ0v) is 11.7. The van der Waals surface area contributed by atoms with Crippen LogP contribution >= 0.6 is 11.6 Å². The molecule has 1 saturated heterocycles. The molecule has 1 aliphatic rings. The van der Waals surface area contributed by atoms with Gasteiger partial charge in [-0.3, -0.25) is 0 Å². The maximum atomic E-state index is 12.1. The van der Waals surface area contributed by atoms with Crippen LogP contribution in [-0.2, 0) is 4.74 Å². The van der Waals surface area contributed by atoms with Crippen molar-refractivity contribution in [2.75, 3.05) is 25.0 Å². The van der Waals surface area contributed by atoms with Crippen LogP contribution in [0.4, 0.5) is 10.5 Å². The molecule has 1 aromatic carbocycles. The molecule has 2 rings (SSSR count). The quantitative estimate of drug-likeness (QED) is 0.878. The summed E-state index contributed by atoms with van der Waals surface area (Å²) in [6, 6.07) is 3.86. The van der Waals surface area contributed by atoms with Crippen molar-refractivity contribution in [3.63, 3.8) is 0 Å². The fourth-order valence-electron chi connectivity index (χ4n) is 1.95. The Bertz CT molecular complexity index is 535. The van der Waals surface area contributed by atoms with Gasteiger partial charge in [0.05, 0.1) is 29.0 Å². The molecule has 0 aliphatic carbocycles. The van der Waals surface area contributed by atoms with Crippen LogP contribution in [0.15, 0.2) is 18.2 Å². The van der Waals surface area contributed by atoms with Crippen LogP contribution in [0.2, 0.25) is 5.02 Å². The topological polar surface area (TPSA) is 78.9 Å². The molecule has 20 heavy (non-hydrogen) atoms. The highest BCUT2D eigenvalue weighted by molar-refractivity contribution is 6.33. The van der Waals surface area contributed by atoms with E-state index in [1.807, 2.05) is 6.92 Å². The summed E-state index contributed by atoms with van der Waals surface area (Å²) in [6.07, 6.45) is -0.0182. The molecule has 0 bridgehead atoms. The van der Waals surface area contributed by atoms with Crippen molar-refractivity contribution in [1.29, 1.82) is 0 Å². The lowest BCUT2D eigenvalue weighted by atomic mass is 10.2. The molecule has 1 aromatic rings. The van der Waals surface area contributed by atoms with E-state index in [9.17, 15) is 9.59 Å².